The zero-order valence-corrected chi connectivity index (χ0v) is 13.3. The first-order valence-corrected chi connectivity index (χ1v) is 8.02. The predicted molar refractivity (Wildman–Crippen MR) is 82.7 cm³/mol. The summed E-state index contributed by atoms with van der Waals surface area (Å²) in [7, 11) is 2.05. The van der Waals surface area contributed by atoms with Gasteiger partial charge in [0.15, 0.2) is 5.69 Å². The Hall–Kier alpha value is -1.44. The molecule has 3 rings (SSSR count). The molecule has 2 aliphatic rings. The van der Waals surface area contributed by atoms with Crippen molar-refractivity contribution in [3.8, 4) is 0 Å². The van der Waals surface area contributed by atoms with Gasteiger partial charge in [0.1, 0.15) is 5.82 Å². The molecule has 1 saturated heterocycles. The van der Waals surface area contributed by atoms with E-state index < -0.39 is 5.91 Å². The predicted octanol–water partition coefficient (Wildman–Crippen LogP) is -0.308. The minimum absolute atomic E-state index is 0.418. The number of aromatic nitrogens is 2. The smallest absolute Gasteiger partial charge is 0.269 e. The van der Waals surface area contributed by atoms with Crippen LogP contribution in [-0.4, -0.2) is 71.7 Å². The molecule has 0 aliphatic carbocycles. The normalized spacial score (nSPS) is 20.0. The van der Waals surface area contributed by atoms with Gasteiger partial charge in [0.2, 0.25) is 0 Å². The third kappa shape index (κ3) is 3.31. The van der Waals surface area contributed by atoms with Gasteiger partial charge in [-0.1, -0.05) is 0 Å². The monoisotopic (exact) mass is 307 g/mol. The molecule has 1 fully saturated rings. The summed E-state index contributed by atoms with van der Waals surface area (Å²) in [5.41, 5.74) is 6.91. The molecule has 0 unspecified atom stereocenters. The molecule has 7 nitrogen and oxygen atoms in total. The van der Waals surface area contributed by atoms with Gasteiger partial charge in [0.05, 0.1) is 18.9 Å². The second kappa shape index (κ2) is 6.76. The average molecular weight is 307 g/mol. The molecular formula is C15H25N5O2. The lowest BCUT2D eigenvalue weighted by Gasteiger charge is -2.27. The SMILES string of the molecule is CN1CCn2c(CCCN3CCOCC3)nc(C(N)=O)c2C1. The minimum Gasteiger partial charge on any atom is -0.379 e. The van der Waals surface area contributed by atoms with Crippen LogP contribution in [0, 0.1) is 0 Å². The lowest BCUT2D eigenvalue weighted by atomic mass is 10.2. The number of rotatable bonds is 5. The van der Waals surface area contributed by atoms with Crippen LogP contribution >= 0.6 is 0 Å². The number of carbonyl (C=O) groups excluding carboxylic acids is 1. The maximum atomic E-state index is 11.6. The van der Waals surface area contributed by atoms with E-state index >= 15 is 0 Å². The largest absolute Gasteiger partial charge is 0.379 e. The van der Waals surface area contributed by atoms with Gasteiger partial charge in [0.25, 0.3) is 5.91 Å². The molecule has 2 aliphatic heterocycles. The van der Waals surface area contributed by atoms with Crippen LogP contribution in [0.3, 0.4) is 0 Å². The highest BCUT2D eigenvalue weighted by Crippen LogP contribution is 2.19. The zero-order chi connectivity index (χ0) is 15.5. The Kier molecular flexibility index (Phi) is 4.75. The van der Waals surface area contributed by atoms with Gasteiger partial charge in [-0.05, 0) is 20.0 Å². The number of nitrogens with two attached hydrogens (primary N) is 1. The Morgan fingerprint density at radius 2 is 2.05 bits per heavy atom. The Bertz CT molecular complexity index is 536. The van der Waals surface area contributed by atoms with Crippen molar-refractivity contribution in [1.29, 1.82) is 0 Å². The number of likely N-dealkylation sites (N-methyl/N-ethyl adjacent to an activating group) is 1. The molecule has 7 heteroatoms. The van der Waals surface area contributed by atoms with Gasteiger partial charge in [-0.15, -0.1) is 0 Å². The Balaban J connectivity index is 1.65. The van der Waals surface area contributed by atoms with Crippen molar-refractivity contribution in [2.75, 3.05) is 46.4 Å². The third-order valence-electron chi connectivity index (χ3n) is 4.49. The van der Waals surface area contributed by atoms with Crippen molar-refractivity contribution in [1.82, 2.24) is 19.4 Å². The average Bonchev–Trinajstić information content (AvgIpc) is 2.86. The number of imidazole rings is 1. The molecule has 0 spiro atoms. The van der Waals surface area contributed by atoms with Crippen molar-refractivity contribution >= 4 is 5.91 Å². The number of hydrogen-bond donors (Lipinski definition) is 1. The number of hydrogen-bond acceptors (Lipinski definition) is 5. The van der Waals surface area contributed by atoms with Gasteiger partial charge >= 0.3 is 0 Å². The number of ether oxygens (including phenoxy) is 1. The fourth-order valence-electron chi connectivity index (χ4n) is 3.24. The molecule has 0 bridgehead atoms. The standard InChI is InChI=1S/C15H25N5O2/c1-18-5-6-20-12(11-18)14(15(16)21)17-13(20)3-2-4-19-7-9-22-10-8-19/h2-11H2,1H3,(H2,16,21). The molecule has 0 radical (unpaired) electrons. The number of carbonyl (C=O) groups is 1. The van der Waals surface area contributed by atoms with Crippen LogP contribution in [0.2, 0.25) is 0 Å². The highest BCUT2D eigenvalue weighted by atomic mass is 16.5. The van der Waals surface area contributed by atoms with Gasteiger partial charge in [-0.25, -0.2) is 4.98 Å². The highest BCUT2D eigenvalue weighted by molar-refractivity contribution is 5.92. The summed E-state index contributed by atoms with van der Waals surface area (Å²) in [4.78, 5) is 20.8. The van der Waals surface area contributed by atoms with Crippen molar-refractivity contribution in [3.63, 3.8) is 0 Å². The number of nitrogens with zero attached hydrogens (tertiary/aromatic N) is 4. The fourth-order valence-corrected chi connectivity index (χ4v) is 3.24. The third-order valence-corrected chi connectivity index (χ3v) is 4.49. The maximum absolute atomic E-state index is 11.6. The quantitative estimate of drug-likeness (QED) is 0.808. The summed E-state index contributed by atoms with van der Waals surface area (Å²) in [6, 6.07) is 0. The van der Waals surface area contributed by atoms with Gasteiger partial charge in [-0.2, -0.15) is 0 Å². The fraction of sp³-hybridized carbons (Fsp3) is 0.733. The minimum atomic E-state index is -0.418. The number of aryl methyl sites for hydroxylation is 1. The van der Waals surface area contributed by atoms with Crippen LogP contribution in [0.5, 0.6) is 0 Å². The summed E-state index contributed by atoms with van der Waals surface area (Å²) in [5, 5.41) is 0. The molecule has 0 aromatic carbocycles. The van der Waals surface area contributed by atoms with Crippen molar-refractivity contribution in [2.24, 2.45) is 5.73 Å². The van der Waals surface area contributed by atoms with E-state index in [1.54, 1.807) is 0 Å². The second-order valence-electron chi connectivity index (χ2n) is 6.13. The number of amides is 1. The Labute approximate surface area is 131 Å². The number of primary amides is 1. The van der Waals surface area contributed by atoms with Crippen LogP contribution in [0.4, 0.5) is 0 Å². The maximum Gasteiger partial charge on any atom is 0.269 e. The van der Waals surface area contributed by atoms with E-state index in [4.69, 9.17) is 10.5 Å². The van der Waals surface area contributed by atoms with Crippen LogP contribution < -0.4 is 5.73 Å². The van der Waals surface area contributed by atoms with Gasteiger partial charge in [0, 0.05) is 39.1 Å². The molecule has 3 heterocycles. The molecule has 1 aromatic heterocycles. The first-order valence-electron chi connectivity index (χ1n) is 8.02. The lowest BCUT2D eigenvalue weighted by molar-refractivity contribution is 0.0374. The molecule has 1 aromatic rings. The molecule has 0 saturated carbocycles. The van der Waals surface area contributed by atoms with Crippen LogP contribution in [0.15, 0.2) is 0 Å². The van der Waals surface area contributed by atoms with E-state index in [2.05, 4.69) is 26.4 Å². The van der Waals surface area contributed by atoms with E-state index in [1.807, 2.05) is 0 Å². The van der Waals surface area contributed by atoms with Crippen molar-refractivity contribution in [3.05, 3.63) is 17.2 Å². The van der Waals surface area contributed by atoms with E-state index in [0.29, 0.717) is 5.69 Å². The molecule has 2 N–H and O–H groups in total. The molecule has 0 atom stereocenters. The lowest BCUT2D eigenvalue weighted by Crippen LogP contribution is -2.37. The van der Waals surface area contributed by atoms with E-state index in [0.717, 1.165) is 76.8 Å². The summed E-state index contributed by atoms with van der Waals surface area (Å²) in [6.07, 6.45) is 1.94. The second-order valence-corrected chi connectivity index (χ2v) is 6.13. The van der Waals surface area contributed by atoms with Crippen LogP contribution in [0.25, 0.3) is 0 Å². The molecule has 22 heavy (non-hydrogen) atoms. The molecule has 122 valence electrons. The topological polar surface area (TPSA) is 76.6 Å². The first-order chi connectivity index (χ1) is 10.6. The first kappa shape index (κ1) is 15.5. The van der Waals surface area contributed by atoms with Gasteiger partial charge < -0.3 is 15.0 Å². The Morgan fingerprint density at radius 3 is 2.77 bits per heavy atom. The summed E-state index contributed by atoms with van der Waals surface area (Å²) in [5.74, 6) is 0.587. The van der Waals surface area contributed by atoms with Crippen molar-refractivity contribution in [2.45, 2.75) is 25.9 Å². The number of morpholine rings is 1. The zero-order valence-electron chi connectivity index (χ0n) is 13.3. The van der Waals surface area contributed by atoms with E-state index in [-0.39, 0.29) is 0 Å². The van der Waals surface area contributed by atoms with Crippen LogP contribution in [-0.2, 0) is 24.2 Å². The summed E-state index contributed by atoms with van der Waals surface area (Å²) in [6.45, 7) is 7.35. The highest BCUT2D eigenvalue weighted by Gasteiger charge is 2.24. The molecule has 1 amide bonds. The molecular weight excluding hydrogens is 282 g/mol. The summed E-state index contributed by atoms with van der Waals surface area (Å²) >= 11 is 0. The van der Waals surface area contributed by atoms with Crippen LogP contribution in [0.1, 0.15) is 28.4 Å². The summed E-state index contributed by atoms with van der Waals surface area (Å²) < 4.78 is 7.56. The van der Waals surface area contributed by atoms with Crippen molar-refractivity contribution < 1.29 is 9.53 Å². The Morgan fingerprint density at radius 1 is 1.27 bits per heavy atom. The number of fused-ring (bicyclic) bond motifs is 1. The van der Waals surface area contributed by atoms with E-state index in [9.17, 15) is 4.79 Å². The van der Waals surface area contributed by atoms with E-state index in [1.165, 1.54) is 0 Å². The van der Waals surface area contributed by atoms with Gasteiger partial charge in [-0.3, -0.25) is 14.6 Å².